The van der Waals surface area contributed by atoms with Gasteiger partial charge in [-0.1, -0.05) is 0 Å². The summed E-state index contributed by atoms with van der Waals surface area (Å²) < 4.78 is 22.5. The van der Waals surface area contributed by atoms with Crippen molar-refractivity contribution < 1.29 is 24.1 Å². The van der Waals surface area contributed by atoms with Crippen LogP contribution < -0.4 is 15.7 Å². The second-order valence-corrected chi connectivity index (χ2v) is 7.80. The van der Waals surface area contributed by atoms with E-state index in [1.54, 1.807) is 21.7 Å². The Morgan fingerprint density at radius 2 is 2.28 bits per heavy atom. The maximum absolute atomic E-state index is 15.4. The van der Waals surface area contributed by atoms with Gasteiger partial charge in [-0.3, -0.25) is 14.2 Å². The number of carboxylic acids is 1. The second-order valence-electron chi connectivity index (χ2n) is 6.94. The Hall–Kier alpha value is -2.82. The maximum atomic E-state index is 15.4. The molecule has 5 rings (SSSR count). The SMILES string of the molecule is CN=c1c2c(N3CCOC(CO)C3)c(F)cc3c(=O)c(C(=O)O)c4scc1n4c32. The summed E-state index contributed by atoms with van der Waals surface area (Å²) >= 11 is 1.15. The lowest BCUT2D eigenvalue weighted by Crippen LogP contribution is -2.44. The van der Waals surface area contributed by atoms with Crippen LogP contribution in [-0.4, -0.2) is 60.0 Å². The molecule has 1 aromatic carbocycles. The number of aliphatic hydroxyl groups excluding tert-OH is 1. The van der Waals surface area contributed by atoms with Gasteiger partial charge in [-0.2, -0.15) is 0 Å². The molecule has 2 N–H and O–H groups in total. The van der Waals surface area contributed by atoms with Gasteiger partial charge in [0.1, 0.15) is 16.2 Å². The van der Waals surface area contributed by atoms with Crippen LogP contribution >= 0.6 is 11.3 Å². The van der Waals surface area contributed by atoms with Gasteiger partial charge in [0.25, 0.3) is 0 Å². The fourth-order valence-electron chi connectivity index (χ4n) is 4.26. The van der Waals surface area contributed by atoms with Gasteiger partial charge in [0, 0.05) is 25.5 Å². The summed E-state index contributed by atoms with van der Waals surface area (Å²) in [6, 6.07) is 1.11. The van der Waals surface area contributed by atoms with Crippen LogP contribution in [0.5, 0.6) is 0 Å². The van der Waals surface area contributed by atoms with E-state index in [2.05, 4.69) is 4.99 Å². The number of ether oxygens (including phenoxy) is 1. The van der Waals surface area contributed by atoms with Crippen molar-refractivity contribution in [2.24, 2.45) is 4.99 Å². The van der Waals surface area contributed by atoms with Crippen LogP contribution in [0.3, 0.4) is 0 Å². The van der Waals surface area contributed by atoms with E-state index in [9.17, 15) is 19.8 Å². The summed E-state index contributed by atoms with van der Waals surface area (Å²) in [5.41, 5.74) is 0.317. The largest absolute Gasteiger partial charge is 0.477 e. The molecular weight excluding hydrogens is 401 g/mol. The highest BCUT2D eigenvalue weighted by Crippen LogP contribution is 2.36. The van der Waals surface area contributed by atoms with Crippen LogP contribution in [0.25, 0.3) is 26.6 Å². The molecule has 0 saturated carbocycles. The first-order valence-electron chi connectivity index (χ1n) is 8.98. The summed E-state index contributed by atoms with van der Waals surface area (Å²) in [7, 11) is 1.58. The molecule has 1 atom stereocenters. The van der Waals surface area contributed by atoms with E-state index in [-0.39, 0.29) is 23.2 Å². The summed E-state index contributed by atoms with van der Waals surface area (Å²) in [4.78, 5) is 31.1. The van der Waals surface area contributed by atoms with Crippen molar-refractivity contribution in [2.75, 3.05) is 38.3 Å². The third-order valence-electron chi connectivity index (χ3n) is 5.44. The highest BCUT2D eigenvalue weighted by molar-refractivity contribution is 7.16. The molecule has 1 fully saturated rings. The molecule has 0 radical (unpaired) electrons. The molecule has 0 spiro atoms. The number of halogens is 1. The van der Waals surface area contributed by atoms with Gasteiger partial charge in [-0.15, -0.1) is 11.3 Å². The van der Waals surface area contributed by atoms with E-state index in [4.69, 9.17) is 4.74 Å². The average molecular weight is 417 g/mol. The van der Waals surface area contributed by atoms with Crippen molar-refractivity contribution in [2.45, 2.75) is 6.10 Å². The van der Waals surface area contributed by atoms with Gasteiger partial charge >= 0.3 is 5.97 Å². The number of aliphatic hydroxyl groups is 1. The predicted octanol–water partition coefficient (Wildman–Crippen LogP) is 1.11. The van der Waals surface area contributed by atoms with Crippen LogP contribution in [0.2, 0.25) is 0 Å². The molecular formula is C19H16FN3O5S. The van der Waals surface area contributed by atoms with E-state index in [0.29, 0.717) is 46.3 Å². The van der Waals surface area contributed by atoms with Crippen molar-refractivity contribution in [1.29, 1.82) is 0 Å². The molecule has 8 nitrogen and oxygen atoms in total. The molecule has 0 amide bonds. The monoisotopic (exact) mass is 417 g/mol. The van der Waals surface area contributed by atoms with Crippen molar-refractivity contribution >= 4 is 49.6 Å². The number of hydrogen-bond donors (Lipinski definition) is 2. The molecule has 1 aliphatic rings. The highest BCUT2D eigenvalue weighted by Gasteiger charge is 2.30. The van der Waals surface area contributed by atoms with Crippen LogP contribution in [-0.2, 0) is 4.74 Å². The quantitative estimate of drug-likeness (QED) is 0.518. The fraction of sp³-hybridized carbons (Fsp3) is 0.316. The maximum Gasteiger partial charge on any atom is 0.342 e. The number of benzene rings is 1. The minimum Gasteiger partial charge on any atom is -0.477 e. The van der Waals surface area contributed by atoms with Crippen molar-refractivity contribution in [3.8, 4) is 0 Å². The predicted molar refractivity (Wildman–Crippen MR) is 106 cm³/mol. The molecule has 4 aromatic rings. The third kappa shape index (κ3) is 2.33. The Morgan fingerprint density at radius 1 is 1.48 bits per heavy atom. The Kier molecular flexibility index (Phi) is 3.99. The number of aromatic carboxylic acids is 1. The molecule has 3 aromatic heterocycles. The van der Waals surface area contributed by atoms with Gasteiger partial charge in [0.05, 0.1) is 52.2 Å². The van der Waals surface area contributed by atoms with Gasteiger partial charge < -0.3 is 19.8 Å². The number of nitrogens with zero attached hydrogens (tertiary/aromatic N) is 3. The zero-order valence-corrected chi connectivity index (χ0v) is 16.1. The number of hydrogen-bond acceptors (Lipinski definition) is 7. The zero-order chi connectivity index (χ0) is 20.4. The number of rotatable bonds is 3. The Morgan fingerprint density at radius 3 is 2.97 bits per heavy atom. The van der Waals surface area contributed by atoms with E-state index in [1.165, 1.54) is 0 Å². The number of carboxylic acid groups (broad SMARTS) is 1. The smallest absolute Gasteiger partial charge is 0.342 e. The number of carbonyl (C=O) groups is 1. The number of morpholine rings is 1. The van der Waals surface area contributed by atoms with Crippen molar-refractivity contribution in [3.05, 3.63) is 38.4 Å². The lowest BCUT2D eigenvalue weighted by atomic mass is 10.1. The summed E-state index contributed by atoms with van der Waals surface area (Å²) in [6.45, 7) is 0.853. The number of anilines is 1. The first kappa shape index (κ1) is 18.2. The van der Waals surface area contributed by atoms with Crippen LogP contribution in [0.1, 0.15) is 10.4 Å². The summed E-state index contributed by atoms with van der Waals surface area (Å²) in [6.07, 6.45) is -0.444. The Balaban J connectivity index is 1.96. The first-order chi connectivity index (χ1) is 14.0. The fourth-order valence-corrected chi connectivity index (χ4v) is 5.29. The Bertz CT molecular complexity index is 1390. The lowest BCUT2D eigenvalue weighted by Gasteiger charge is -2.34. The van der Waals surface area contributed by atoms with E-state index in [0.717, 1.165) is 17.4 Å². The molecule has 1 saturated heterocycles. The summed E-state index contributed by atoms with van der Waals surface area (Å²) in [5.74, 6) is -1.97. The van der Waals surface area contributed by atoms with Crippen molar-refractivity contribution in [3.63, 3.8) is 0 Å². The minimum absolute atomic E-state index is 0.0152. The molecule has 4 heterocycles. The molecule has 10 heteroatoms. The second kappa shape index (κ2) is 6.34. The lowest BCUT2D eigenvalue weighted by molar-refractivity contribution is 0.00348. The Labute approximate surface area is 166 Å². The van der Waals surface area contributed by atoms with Crippen LogP contribution in [0.4, 0.5) is 10.1 Å². The topological polar surface area (TPSA) is 104 Å². The first-order valence-corrected chi connectivity index (χ1v) is 9.86. The number of pyridine rings is 1. The van der Waals surface area contributed by atoms with Gasteiger partial charge in [-0.05, 0) is 6.07 Å². The summed E-state index contributed by atoms with van der Waals surface area (Å²) in [5, 5.41) is 21.8. The average Bonchev–Trinajstić information content (AvgIpc) is 3.26. The minimum atomic E-state index is -1.34. The normalized spacial score (nSPS) is 18.7. The molecule has 1 aliphatic heterocycles. The standard InChI is InChI=1S/C19H16FN3O5S/c1-21-14-11-7-29-18-13(19(26)27)17(25)9-4-10(20)16(12(14)15(9)23(11)18)22-2-3-28-8(5-22)6-24/h4,7-8,24H,2-3,5-6H2,1H3,(H,26,27). The van der Waals surface area contributed by atoms with Gasteiger partial charge in [0.2, 0.25) is 5.43 Å². The third-order valence-corrected chi connectivity index (χ3v) is 6.39. The van der Waals surface area contributed by atoms with Crippen LogP contribution in [0.15, 0.2) is 21.2 Å². The number of thiazole rings is 1. The van der Waals surface area contributed by atoms with Crippen LogP contribution in [0, 0.1) is 5.82 Å². The van der Waals surface area contributed by atoms with Gasteiger partial charge in [-0.25, -0.2) is 9.18 Å². The molecule has 29 heavy (non-hydrogen) atoms. The molecule has 0 aliphatic carbocycles. The van der Waals surface area contributed by atoms with E-state index < -0.39 is 23.3 Å². The molecule has 0 bridgehead atoms. The molecule has 150 valence electrons. The molecule has 1 unspecified atom stereocenters. The highest BCUT2D eigenvalue weighted by atomic mass is 32.1. The zero-order valence-electron chi connectivity index (χ0n) is 15.3. The van der Waals surface area contributed by atoms with Gasteiger partial charge in [0.15, 0.2) is 0 Å². The van der Waals surface area contributed by atoms with Crippen molar-refractivity contribution in [1.82, 2.24) is 4.40 Å². The number of aromatic nitrogens is 1. The van der Waals surface area contributed by atoms with E-state index in [1.807, 2.05) is 0 Å². The van der Waals surface area contributed by atoms with E-state index >= 15 is 4.39 Å².